The second-order valence-electron chi connectivity index (χ2n) is 19.6. The normalized spacial score (nSPS) is 19.7. The maximum absolute atomic E-state index is 6.49. The summed E-state index contributed by atoms with van der Waals surface area (Å²) in [5, 5.41) is 6.05. The van der Waals surface area contributed by atoms with Gasteiger partial charge >= 0.3 is 0 Å². The summed E-state index contributed by atoms with van der Waals surface area (Å²) < 4.78 is 0. The molecule has 0 aromatic heterocycles. The average molecular weight is 877 g/mol. The topological polar surface area (TPSA) is 6.48 Å². The molecule has 6 aliphatic rings. The largest absolute Gasteiger partial charge is 0.337 e. The first-order chi connectivity index (χ1) is 31.9. The number of fused-ring (bicyclic) bond motifs is 11. The second kappa shape index (κ2) is 16.7. The highest BCUT2D eigenvalue weighted by molar-refractivity contribution is 7.04. The predicted molar refractivity (Wildman–Crippen MR) is 281 cm³/mol. The van der Waals surface area contributed by atoms with Crippen LogP contribution in [0.15, 0.2) is 168 Å². The smallest absolute Gasteiger partial charge is 0.134 e. The first-order valence-corrected chi connectivity index (χ1v) is 29.3. The number of allylic oxidation sites excluding steroid dienone is 7. The molecule has 3 fully saturated rings. The highest BCUT2D eigenvalue weighted by Gasteiger charge is 2.49. The molecule has 0 bridgehead atoms. The molecule has 11 rings (SSSR count). The van der Waals surface area contributed by atoms with Gasteiger partial charge in [-0.3, -0.25) is 0 Å². The van der Waals surface area contributed by atoms with Gasteiger partial charge in [0, 0.05) is 51.1 Å². The van der Waals surface area contributed by atoms with E-state index in [1.165, 1.54) is 137 Å². The van der Waals surface area contributed by atoms with Gasteiger partial charge in [0.1, 0.15) is 16.1 Å². The Hall–Kier alpha value is -6.05. The number of para-hydroxylation sites is 2. The minimum Gasteiger partial charge on any atom is -0.337 e. The summed E-state index contributed by atoms with van der Waals surface area (Å²) in [6, 6.07) is 47.6. The number of hydrogen-bond acceptors (Lipinski definition) is 2. The van der Waals surface area contributed by atoms with E-state index in [-0.39, 0.29) is 5.41 Å². The molecule has 2 aliphatic carbocycles. The quantitative estimate of drug-likeness (QED) is 0.0986. The molecule has 65 heavy (non-hydrogen) atoms. The predicted octanol–water partition coefficient (Wildman–Crippen LogP) is 13.3. The first kappa shape index (κ1) is 41.6. The van der Waals surface area contributed by atoms with Gasteiger partial charge in [-0.25, -0.2) is 0 Å². The molecule has 1 saturated carbocycles. The summed E-state index contributed by atoms with van der Waals surface area (Å²) in [6.45, 7) is 9.58. The van der Waals surface area contributed by atoms with Crippen LogP contribution in [0, 0.1) is 24.2 Å². The van der Waals surface area contributed by atoms with Crippen LogP contribution in [0.3, 0.4) is 0 Å². The zero-order chi connectivity index (χ0) is 44.2. The van der Waals surface area contributed by atoms with E-state index >= 15 is 0 Å². The molecule has 4 heterocycles. The van der Waals surface area contributed by atoms with Gasteiger partial charge in [0.05, 0.1) is 5.70 Å². The summed E-state index contributed by atoms with van der Waals surface area (Å²) in [6.07, 6.45) is 28.7. The lowest BCUT2D eigenvalue weighted by Gasteiger charge is -2.45. The van der Waals surface area contributed by atoms with E-state index < -0.39 is 16.1 Å². The molecule has 5 aromatic rings. The number of benzene rings is 5. The molecule has 0 atom stereocenters. The molecule has 4 heteroatoms. The number of terminal acetylenes is 1. The lowest BCUT2D eigenvalue weighted by Crippen LogP contribution is -2.56. The van der Waals surface area contributed by atoms with Crippen molar-refractivity contribution >= 4 is 48.8 Å². The van der Waals surface area contributed by atoms with Gasteiger partial charge in [-0.1, -0.05) is 154 Å². The third-order valence-corrected chi connectivity index (χ3v) is 26.9. The van der Waals surface area contributed by atoms with Crippen molar-refractivity contribution in [2.75, 3.05) is 9.80 Å². The van der Waals surface area contributed by atoms with E-state index in [9.17, 15) is 0 Å². The summed E-state index contributed by atoms with van der Waals surface area (Å²) in [4.78, 5) is 5.05. The number of hydrogen-bond donors (Lipinski definition) is 0. The number of nitrogens with zero attached hydrogens (tertiary/aromatic N) is 2. The molecule has 0 N–H and O–H groups in total. The average Bonchev–Trinajstić information content (AvgIpc) is 4.10. The van der Waals surface area contributed by atoms with Crippen molar-refractivity contribution in [3.05, 3.63) is 191 Å². The van der Waals surface area contributed by atoms with Gasteiger partial charge < -0.3 is 9.80 Å². The van der Waals surface area contributed by atoms with Crippen LogP contribution in [-0.4, -0.2) is 16.1 Å². The Kier molecular flexibility index (Phi) is 10.7. The van der Waals surface area contributed by atoms with Crippen molar-refractivity contribution in [2.24, 2.45) is 0 Å². The molecule has 0 radical (unpaired) electrons. The van der Waals surface area contributed by atoms with Crippen LogP contribution in [0.25, 0.3) is 11.1 Å². The second-order valence-corrected chi connectivity index (χ2v) is 28.0. The zero-order valence-corrected chi connectivity index (χ0v) is 40.4. The van der Waals surface area contributed by atoms with E-state index in [2.05, 4.69) is 188 Å². The maximum atomic E-state index is 6.49. The molecule has 322 valence electrons. The van der Waals surface area contributed by atoms with Gasteiger partial charge in [0.25, 0.3) is 0 Å². The lowest BCUT2D eigenvalue weighted by atomic mass is 9.76. The Morgan fingerprint density at radius 3 is 2.03 bits per heavy atom. The Morgan fingerprint density at radius 2 is 1.31 bits per heavy atom. The summed E-state index contributed by atoms with van der Waals surface area (Å²) in [5.41, 5.74) is 15.4. The van der Waals surface area contributed by atoms with Crippen molar-refractivity contribution < 1.29 is 0 Å². The van der Waals surface area contributed by atoms with Gasteiger partial charge in [-0.05, 0) is 149 Å². The summed E-state index contributed by atoms with van der Waals surface area (Å²) in [7, 11) is -3.88. The van der Waals surface area contributed by atoms with Gasteiger partial charge in [0.15, 0.2) is 0 Å². The Morgan fingerprint density at radius 1 is 0.677 bits per heavy atom. The van der Waals surface area contributed by atoms with Crippen LogP contribution >= 0.6 is 0 Å². The molecule has 0 unspecified atom stereocenters. The monoisotopic (exact) mass is 876 g/mol. The third-order valence-electron chi connectivity index (χ3n) is 16.3. The van der Waals surface area contributed by atoms with Crippen LogP contribution < -0.4 is 25.4 Å². The SMILES string of the molecule is C#CC1=C(C=CC)N(C(C=CC(=C)C#Cc2ccc3c(c2)C2(CCCC2)c2cc(N4Cc5ccccc5[Si]5(CCCC5)c5ccccc54)ccc2-3)=CC)c2ccccc2[Si]12CCCCC2. The van der Waals surface area contributed by atoms with Crippen LogP contribution in [0.4, 0.5) is 17.1 Å². The molecule has 0 amide bonds. The van der Waals surface area contributed by atoms with Gasteiger partial charge in [-0.15, -0.1) is 6.42 Å². The number of rotatable bonds is 5. The summed E-state index contributed by atoms with van der Waals surface area (Å²) >= 11 is 0. The molecule has 2 saturated heterocycles. The molecular formula is C61H60N2Si2. The van der Waals surface area contributed by atoms with E-state index in [4.69, 9.17) is 6.42 Å². The van der Waals surface area contributed by atoms with Gasteiger partial charge in [0.2, 0.25) is 0 Å². The van der Waals surface area contributed by atoms with Crippen molar-refractivity contribution in [1.29, 1.82) is 0 Å². The van der Waals surface area contributed by atoms with E-state index in [0.29, 0.717) is 0 Å². The third kappa shape index (κ3) is 6.59. The van der Waals surface area contributed by atoms with E-state index in [1.807, 2.05) is 0 Å². The van der Waals surface area contributed by atoms with Crippen molar-refractivity contribution in [3.8, 4) is 35.3 Å². The molecule has 2 nitrogen and oxygen atoms in total. The Labute approximate surface area is 390 Å². The van der Waals surface area contributed by atoms with Gasteiger partial charge in [-0.2, -0.15) is 0 Å². The molecular weight excluding hydrogens is 817 g/mol. The van der Waals surface area contributed by atoms with Crippen LogP contribution in [-0.2, 0) is 12.0 Å². The standard InChI is InChI=1S/C61H60N2Si2/c1-5-21-55-57(7-3)64(38-17-8-18-39-64)60-27-14-11-24-56(60)63(55)48(6-2)32-29-45(4)28-30-46-31-34-50-51-35-33-49(43-53(51)61(52(50)42-46)36-15-16-37-61)62-44-47-22-9-12-25-58(47)65(40-19-20-41-65)59-26-13-10-23-54(59)62/h3,5-6,9-14,21-27,29,31-35,42-43H,4,8,15-20,36-41,44H2,1-2H3. The first-order valence-electron chi connectivity index (χ1n) is 24.5. The Balaban J connectivity index is 0.902. The summed E-state index contributed by atoms with van der Waals surface area (Å²) in [5.74, 6) is 10.3. The van der Waals surface area contributed by atoms with Crippen molar-refractivity contribution in [3.63, 3.8) is 0 Å². The number of anilines is 3. The zero-order valence-electron chi connectivity index (χ0n) is 38.4. The molecule has 4 aliphatic heterocycles. The fourth-order valence-corrected chi connectivity index (χ4v) is 24.5. The van der Waals surface area contributed by atoms with Crippen LogP contribution in [0.1, 0.15) is 93.9 Å². The fraction of sp³-hybridized carbons (Fsp3) is 0.279. The Bertz CT molecular complexity index is 2980. The lowest BCUT2D eigenvalue weighted by molar-refractivity contribution is 0.550. The molecule has 3 spiro atoms. The van der Waals surface area contributed by atoms with Crippen molar-refractivity contribution in [2.45, 2.75) is 108 Å². The maximum Gasteiger partial charge on any atom is 0.134 e. The van der Waals surface area contributed by atoms with Crippen LogP contribution in [0.2, 0.25) is 24.2 Å². The van der Waals surface area contributed by atoms with E-state index in [0.717, 1.165) is 29.1 Å². The molecule has 5 aromatic carbocycles. The minimum absolute atomic E-state index is 0.0139. The van der Waals surface area contributed by atoms with Crippen molar-refractivity contribution in [1.82, 2.24) is 0 Å². The van der Waals surface area contributed by atoms with E-state index in [1.54, 1.807) is 10.4 Å². The minimum atomic E-state index is -2.04. The van der Waals surface area contributed by atoms with Crippen LogP contribution in [0.5, 0.6) is 0 Å². The highest BCUT2D eigenvalue weighted by Crippen LogP contribution is 2.58. The highest BCUT2D eigenvalue weighted by atomic mass is 28.3. The fourth-order valence-electron chi connectivity index (χ4n) is 13.5.